The van der Waals surface area contributed by atoms with E-state index in [-0.39, 0.29) is 24.7 Å². The summed E-state index contributed by atoms with van der Waals surface area (Å²) < 4.78 is 30.6. The van der Waals surface area contributed by atoms with Crippen molar-refractivity contribution < 1.29 is 17.6 Å². The van der Waals surface area contributed by atoms with Crippen molar-refractivity contribution in [1.82, 2.24) is 9.62 Å². The Labute approximate surface area is 136 Å². The highest BCUT2D eigenvalue weighted by atomic mass is 32.2. The number of nitrogens with zero attached hydrogens (tertiary/aromatic N) is 1. The van der Waals surface area contributed by atoms with E-state index in [2.05, 4.69) is 4.72 Å². The van der Waals surface area contributed by atoms with Gasteiger partial charge in [-0.05, 0) is 24.6 Å². The Hall–Kier alpha value is -2.12. The molecule has 0 bridgehead atoms. The predicted molar refractivity (Wildman–Crippen MR) is 86.9 cm³/mol. The van der Waals surface area contributed by atoms with Crippen molar-refractivity contribution >= 4 is 15.9 Å². The molecule has 124 valence electrons. The van der Waals surface area contributed by atoms with Crippen molar-refractivity contribution in [3.05, 3.63) is 60.1 Å². The minimum atomic E-state index is -3.40. The van der Waals surface area contributed by atoms with Gasteiger partial charge in [0.1, 0.15) is 5.76 Å². The fourth-order valence-corrected chi connectivity index (χ4v) is 2.56. The number of benzene rings is 1. The Kier molecular flexibility index (Phi) is 5.95. The molecule has 1 aromatic carbocycles. The van der Waals surface area contributed by atoms with Gasteiger partial charge in [-0.15, -0.1) is 0 Å². The molecule has 0 radical (unpaired) electrons. The van der Waals surface area contributed by atoms with Crippen LogP contribution in [0.25, 0.3) is 0 Å². The van der Waals surface area contributed by atoms with E-state index in [1.54, 1.807) is 23.3 Å². The molecule has 6 nitrogen and oxygen atoms in total. The maximum atomic E-state index is 12.4. The van der Waals surface area contributed by atoms with Crippen LogP contribution in [-0.2, 0) is 27.9 Å². The van der Waals surface area contributed by atoms with E-state index in [1.165, 1.54) is 6.92 Å². The molecule has 2 aromatic rings. The normalized spacial score (nSPS) is 11.3. The first-order chi connectivity index (χ1) is 11.0. The monoisotopic (exact) mass is 336 g/mol. The maximum Gasteiger partial charge on any atom is 0.238 e. The van der Waals surface area contributed by atoms with Crippen LogP contribution in [-0.4, -0.2) is 31.5 Å². The topological polar surface area (TPSA) is 79.6 Å². The Morgan fingerprint density at radius 1 is 1.13 bits per heavy atom. The number of sulfonamides is 1. The molecule has 7 heteroatoms. The SMILES string of the molecule is CCS(=O)(=O)NCC(=O)N(Cc1ccccc1)Cc1ccco1. The largest absolute Gasteiger partial charge is 0.467 e. The number of rotatable bonds is 8. The van der Waals surface area contributed by atoms with Crippen LogP contribution in [0.4, 0.5) is 0 Å². The molecule has 0 aliphatic carbocycles. The molecule has 0 aliphatic rings. The van der Waals surface area contributed by atoms with Crippen molar-refractivity contribution in [3.63, 3.8) is 0 Å². The quantitative estimate of drug-likeness (QED) is 0.796. The fraction of sp³-hybridized carbons (Fsp3) is 0.312. The highest BCUT2D eigenvalue weighted by molar-refractivity contribution is 7.89. The summed E-state index contributed by atoms with van der Waals surface area (Å²) >= 11 is 0. The number of amides is 1. The first-order valence-corrected chi connectivity index (χ1v) is 8.97. The first kappa shape index (κ1) is 17.2. The number of nitrogens with one attached hydrogen (secondary N) is 1. The highest BCUT2D eigenvalue weighted by Gasteiger charge is 2.18. The summed E-state index contributed by atoms with van der Waals surface area (Å²) in [6.45, 7) is 1.93. The van der Waals surface area contributed by atoms with Crippen LogP contribution in [0.1, 0.15) is 18.2 Å². The van der Waals surface area contributed by atoms with Gasteiger partial charge in [0.2, 0.25) is 15.9 Å². The molecule has 0 saturated carbocycles. The molecule has 0 unspecified atom stereocenters. The lowest BCUT2D eigenvalue weighted by Crippen LogP contribution is -2.39. The molecule has 1 amide bonds. The van der Waals surface area contributed by atoms with Crippen molar-refractivity contribution in [3.8, 4) is 0 Å². The van der Waals surface area contributed by atoms with Gasteiger partial charge in [-0.2, -0.15) is 0 Å². The number of carbonyl (C=O) groups excluding carboxylic acids is 1. The summed E-state index contributed by atoms with van der Waals surface area (Å²) in [6.07, 6.45) is 1.54. The Morgan fingerprint density at radius 2 is 1.87 bits per heavy atom. The van der Waals surface area contributed by atoms with Crippen LogP contribution in [0.5, 0.6) is 0 Å². The van der Waals surface area contributed by atoms with E-state index in [0.29, 0.717) is 12.3 Å². The van der Waals surface area contributed by atoms with Crippen LogP contribution in [0, 0.1) is 0 Å². The third-order valence-electron chi connectivity index (χ3n) is 3.32. The number of carbonyl (C=O) groups is 1. The third kappa shape index (κ3) is 5.54. The first-order valence-electron chi connectivity index (χ1n) is 7.31. The second kappa shape index (κ2) is 7.94. The van der Waals surface area contributed by atoms with Crippen LogP contribution in [0.3, 0.4) is 0 Å². The summed E-state index contributed by atoms with van der Waals surface area (Å²) in [5, 5.41) is 0. The molecule has 0 fully saturated rings. The number of hydrogen-bond donors (Lipinski definition) is 1. The van der Waals surface area contributed by atoms with Crippen LogP contribution in [0.15, 0.2) is 53.1 Å². The summed E-state index contributed by atoms with van der Waals surface area (Å²) in [7, 11) is -3.40. The van der Waals surface area contributed by atoms with Gasteiger partial charge in [0.15, 0.2) is 0 Å². The van der Waals surface area contributed by atoms with Gasteiger partial charge in [0.05, 0.1) is 25.1 Å². The predicted octanol–water partition coefficient (Wildman–Crippen LogP) is 1.75. The van der Waals surface area contributed by atoms with Crippen molar-refractivity contribution in [2.45, 2.75) is 20.0 Å². The molecular weight excluding hydrogens is 316 g/mol. The van der Waals surface area contributed by atoms with Gasteiger partial charge in [-0.1, -0.05) is 30.3 Å². The lowest BCUT2D eigenvalue weighted by atomic mass is 10.2. The van der Waals surface area contributed by atoms with Gasteiger partial charge in [-0.3, -0.25) is 4.79 Å². The van der Waals surface area contributed by atoms with E-state index in [1.807, 2.05) is 30.3 Å². The van der Waals surface area contributed by atoms with E-state index < -0.39 is 10.0 Å². The fourth-order valence-electron chi connectivity index (χ4n) is 2.01. The Bertz CT molecular complexity index is 712. The molecule has 0 atom stereocenters. The zero-order chi connectivity index (χ0) is 16.7. The molecular formula is C16H20N2O4S. The smallest absolute Gasteiger partial charge is 0.238 e. The maximum absolute atomic E-state index is 12.4. The molecule has 1 heterocycles. The lowest BCUT2D eigenvalue weighted by molar-refractivity contribution is -0.131. The molecule has 2 rings (SSSR count). The summed E-state index contributed by atoms with van der Waals surface area (Å²) in [6, 6.07) is 13.0. The molecule has 1 aromatic heterocycles. The van der Waals surface area contributed by atoms with E-state index in [9.17, 15) is 13.2 Å². The summed E-state index contributed by atoms with van der Waals surface area (Å²) in [5.74, 6) is 0.284. The molecule has 23 heavy (non-hydrogen) atoms. The van der Waals surface area contributed by atoms with Crippen LogP contribution in [0.2, 0.25) is 0 Å². The second-order valence-corrected chi connectivity index (χ2v) is 7.13. The Balaban J connectivity index is 2.07. The average Bonchev–Trinajstić information content (AvgIpc) is 3.06. The number of hydrogen-bond acceptors (Lipinski definition) is 4. The van der Waals surface area contributed by atoms with E-state index in [0.717, 1.165) is 5.56 Å². The van der Waals surface area contributed by atoms with Crippen LogP contribution >= 0.6 is 0 Å². The average molecular weight is 336 g/mol. The van der Waals surface area contributed by atoms with Crippen molar-refractivity contribution in [2.75, 3.05) is 12.3 Å². The summed E-state index contributed by atoms with van der Waals surface area (Å²) in [4.78, 5) is 14.0. The van der Waals surface area contributed by atoms with Gasteiger partial charge in [-0.25, -0.2) is 13.1 Å². The molecule has 0 aliphatic heterocycles. The van der Waals surface area contributed by atoms with E-state index in [4.69, 9.17) is 4.42 Å². The summed E-state index contributed by atoms with van der Waals surface area (Å²) in [5.41, 5.74) is 0.964. The molecule has 0 spiro atoms. The van der Waals surface area contributed by atoms with Crippen LogP contribution < -0.4 is 4.72 Å². The second-order valence-electron chi connectivity index (χ2n) is 5.04. The minimum Gasteiger partial charge on any atom is -0.467 e. The zero-order valence-electron chi connectivity index (χ0n) is 12.9. The van der Waals surface area contributed by atoms with E-state index >= 15 is 0 Å². The van der Waals surface area contributed by atoms with Crippen molar-refractivity contribution in [2.24, 2.45) is 0 Å². The van der Waals surface area contributed by atoms with Gasteiger partial charge in [0.25, 0.3) is 0 Å². The van der Waals surface area contributed by atoms with Gasteiger partial charge in [0, 0.05) is 6.54 Å². The van der Waals surface area contributed by atoms with Crippen molar-refractivity contribution in [1.29, 1.82) is 0 Å². The lowest BCUT2D eigenvalue weighted by Gasteiger charge is -2.22. The highest BCUT2D eigenvalue weighted by Crippen LogP contribution is 2.10. The zero-order valence-corrected chi connectivity index (χ0v) is 13.8. The molecule has 0 saturated heterocycles. The minimum absolute atomic E-state index is 0.0584. The van der Waals surface area contributed by atoms with Gasteiger partial charge < -0.3 is 9.32 Å². The number of furan rings is 1. The Morgan fingerprint density at radius 3 is 2.48 bits per heavy atom. The molecule has 1 N–H and O–H groups in total. The van der Waals surface area contributed by atoms with Gasteiger partial charge >= 0.3 is 0 Å². The standard InChI is InChI=1S/C16H20N2O4S/c1-2-23(20,21)17-11-16(19)18(13-15-9-6-10-22-15)12-14-7-4-3-5-8-14/h3-10,17H,2,11-13H2,1H3. The third-order valence-corrected chi connectivity index (χ3v) is 4.66.